The molecule has 13 rings (SSSR count). The summed E-state index contributed by atoms with van der Waals surface area (Å²) >= 11 is 0. The lowest BCUT2D eigenvalue weighted by atomic mass is 9.90. The number of nitrogens with zero attached hydrogens (tertiary/aromatic N) is 2. The largest absolute Gasteiger partial charge is 0.309 e. The van der Waals surface area contributed by atoms with Gasteiger partial charge < -0.3 is 9.13 Å². The van der Waals surface area contributed by atoms with Crippen LogP contribution in [0.5, 0.6) is 0 Å². The molecule has 68 heavy (non-hydrogen) atoms. The average Bonchev–Trinajstić information content (AvgIpc) is 3.94. The summed E-state index contributed by atoms with van der Waals surface area (Å²) in [6.07, 6.45) is 0. The topological polar surface area (TPSA) is 9.86 Å². The Kier molecular flexibility index (Phi) is 9.54. The molecular formula is C66H44N2. The van der Waals surface area contributed by atoms with Crippen LogP contribution >= 0.6 is 0 Å². The molecule has 2 aromatic heterocycles. The Morgan fingerprint density at radius 2 is 0.471 bits per heavy atom. The van der Waals surface area contributed by atoms with Crippen molar-refractivity contribution in [1.82, 2.24) is 9.13 Å². The molecule has 0 N–H and O–H groups in total. The SMILES string of the molecule is c1ccc(-c2cccc(-c3ccc(-c4ccc(-c5ccc(-c6ccc(-n7c8ccccc8c8ccccc87)cc6)cc5-c5ccc(-n6c7ccccc7c7ccccc76)cc5)cc4)cc3)c2)cc1. The smallest absolute Gasteiger partial charge is 0.0541 e. The molecule has 0 fully saturated rings. The highest BCUT2D eigenvalue weighted by Gasteiger charge is 2.16. The molecule has 0 saturated heterocycles. The monoisotopic (exact) mass is 864 g/mol. The van der Waals surface area contributed by atoms with Crippen LogP contribution < -0.4 is 0 Å². The summed E-state index contributed by atoms with van der Waals surface area (Å²) in [5.41, 5.74) is 21.5. The molecule has 0 atom stereocenters. The summed E-state index contributed by atoms with van der Waals surface area (Å²) in [6.45, 7) is 0. The molecule has 0 amide bonds. The molecule has 0 aliphatic rings. The van der Waals surface area contributed by atoms with Crippen molar-refractivity contribution < 1.29 is 0 Å². The number of para-hydroxylation sites is 4. The first kappa shape index (κ1) is 39.4. The van der Waals surface area contributed by atoms with Crippen LogP contribution in [0, 0.1) is 0 Å². The van der Waals surface area contributed by atoms with Crippen LogP contribution in [-0.4, -0.2) is 9.13 Å². The van der Waals surface area contributed by atoms with Crippen molar-refractivity contribution in [3.05, 3.63) is 267 Å². The van der Waals surface area contributed by atoms with Gasteiger partial charge in [-0.25, -0.2) is 0 Å². The first-order valence-electron chi connectivity index (χ1n) is 23.4. The van der Waals surface area contributed by atoms with Gasteiger partial charge in [0.15, 0.2) is 0 Å². The third-order valence-corrected chi connectivity index (χ3v) is 13.8. The van der Waals surface area contributed by atoms with Crippen LogP contribution in [0.4, 0.5) is 0 Å². The van der Waals surface area contributed by atoms with E-state index in [4.69, 9.17) is 0 Å². The number of rotatable bonds is 8. The molecule has 0 bridgehead atoms. The van der Waals surface area contributed by atoms with Crippen LogP contribution in [-0.2, 0) is 0 Å². The number of aromatic nitrogens is 2. The molecule has 2 heterocycles. The van der Waals surface area contributed by atoms with E-state index in [9.17, 15) is 0 Å². The fourth-order valence-electron chi connectivity index (χ4n) is 10.4. The zero-order chi connectivity index (χ0) is 45.0. The maximum Gasteiger partial charge on any atom is 0.0541 e. The zero-order valence-electron chi connectivity index (χ0n) is 37.3. The molecule has 0 spiro atoms. The van der Waals surface area contributed by atoms with Gasteiger partial charge in [-0.05, 0) is 127 Å². The van der Waals surface area contributed by atoms with E-state index in [1.807, 2.05) is 0 Å². The molecule has 13 aromatic rings. The van der Waals surface area contributed by atoms with Gasteiger partial charge in [0, 0.05) is 32.9 Å². The van der Waals surface area contributed by atoms with Crippen LogP contribution in [0.1, 0.15) is 0 Å². The van der Waals surface area contributed by atoms with Gasteiger partial charge in [-0.1, -0.05) is 206 Å². The molecule has 0 unspecified atom stereocenters. The average molecular weight is 865 g/mol. The van der Waals surface area contributed by atoms with E-state index in [0.29, 0.717) is 0 Å². The second-order valence-electron chi connectivity index (χ2n) is 17.7. The summed E-state index contributed by atoms with van der Waals surface area (Å²) in [4.78, 5) is 0. The maximum atomic E-state index is 2.39. The Balaban J connectivity index is 0.864. The second kappa shape index (κ2) is 16.5. The summed E-state index contributed by atoms with van der Waals surface area (Å²) < 4.78 is 4.77. The van der Waals surface area contributed by atoms with E-state index in [1.54, 1.807) is 0 Å². The predicted molar refractivity (Wildman–Crippen MR) is 288 cm³/mol. The molecule has 0 aliphatic carbocycles. The molecular weight excluding hydrogens is 821 g/mol. The number of hydrogen-bond acceptors (Lipinski definition) is 0. The van der Waals surface area contributed by atoms with Gasteiger partial charge in [0.2, 0.25) is 0 Å². The van der Waals surface area contributed by atoms with Gasteiger partial charge in [-0.3, -0.25) is 0 Å². The van der Waals surface area contributed by atoms with E-state index in [1.165, 1.54) is 110 Å². The van der Waals surface area contributed by atoms with Gasteiger partial charge in [0.05, 0.1) is 22.1 Å². The second-order valence-corrected chi connectivity index (χ2v) is 17.7. The van der Waals surface area contributed by atoms with Gasteiger partial charge in [0.25, 0.3) is 0 Å². The Hall–Kier alpha value is -8.98. The Bertz CT molecular complexity index is 3860. The third-order valence-electron chi connectivity index (χ3n) is 13.8. The van der Waals surface area contributed by atoms with E-state index < -0.39 is 0 Å². The van der Waals surface area contributed by atoms with Crippen molar-refractivity contribution in [3.63, 3.8) is 0 Å². The number of hydrogen-bond donors (Lipinski definition) is 0. The molecule has 11 aromatic carbocycles. The molecule has 0 aliphatic heterocycles. The molecule has 2 nitrogen and oxygen atoms in total. The van der Waals surface area contributed by atoms with E-state index in [2.05, 4.69) is 276 Å². The molecule has 0 saturated carbocycles. The fraction of sp³-hybridized carbons (Fsp3) is 0. The van der Waals surface area contributed by atoms with Crippen molar-refractivity contribution in [2.45, 2.75) is 0 Å². The number of fused-ring (bicyclic) bond motifs is 6. The van der Waals surface area contributed by atoms with Crippen molar-refractivity contribution in [1.29, 1.82) is 0 Å². The highest BCUT2D eigenvalue weighted by molar-refractivity contribution is 6.10. The fourth-order valence-corrected chi connectivity index (χ4v) is 10.4. The minimum absolute atomic E-state index is 1.14. The van der Waals surface area contributed by atoms with E-state index in [0.717, 1.165) is 11.4 Å². The number of benzene rings is 11. The van der Waals surface area contributed by atoms with Crippen LogP contribution in [0.25, 0.3) is 122 Å². The first-order valence-corrected chi connectivity index (χ1v) is 23.4. The van der Waals surface area contributed by atoms with Gasteiger partial charge >= 0.3 is 0 Å². The summed E-state index contributed by atoms with van der Waals surface area (Å²) in [6, 6.07) is 97.4. The lowest BCUT2D eigenvalue weighted by Crippen LogP contribution is -1.94. The van der Waals surface area contributed by atoms with Gasteiger partial charge in [-0.2, -0.15) is 0 Å². The normalized spacial score (nSPS) is 11.5. The highest BCUT2D eigenvalue weighted by Crippen LogP contribution is 2.40. The third kappa shape index (κ3) is 6.82. The Morgan fingerprint density at radius 3 is 0.926 bits per heavy atom. The molecule has 318 valence electrons. The highest BCUT2D eigenvalue weighted by atomic mass is 15.0. The summed E-state index contributed by atoms with van der Waals surface area (Å²) in [5.74, 6) is 0. The Morgan fingerprint density at radius 1 is 0.176 bits per heavy atom. The lowest BCUT2D eigenvalue weighted by molar-refractivity contribution is 1.18. The predicted octanol–water partition coefficient (Wildman–Crippen LogP) is 17.9. The maximum absolute atomic E-state index is 2.39. The lowest BCUT2D eigenvalue weighted by Gasteiger charge is -2.16. The quantitative estimate of drug-likeness (QED) is 0.144. The minimum atomic E-state index is 1.14. The van der Waals surface area contributed by atoms with Crippen LogP contribution in [0.2, 0.25) is 0 Å². The van der Waals surface area contributed by atoms with Gasteiger partial charge in [0.1, 0.15) is 0 Å². The first-order chi connectivity index (χ1) is 33.7. The summed E-state index contributed by atoms with van der Waals surface area (Å²) in [5, 5.41) is 5.06. The van der Waals surface area contributed by atoms with Crippen molar-refractivity contribution >= 4 is 43.6 Å². The standard InChI is InChI=1S/C66H44N2/c1-2-13-45(14-3-1)52-15-12-16-53(43-52)48-27-25-46(26-28-48)47-29-31-50(32-30-47)57-42-37-54(49-33-38-55(39-34-49)67-63-21-8-4-17-58(63)59-18-5-9-22-64(59)67)44-62(57)51-35-40-56(41-36-51)68-65-23-10-6-19-60(65)61-20-7-11-24-66(61)68/h1-44H. The van der Waals surface area contributed by atoms with Crippen LogP contribution in [0.3, 0.4) is 0 Å². The molecule has 2 heteroatoms. The zero-order valence-corrected chi connectivity index (χ0v) is 37.3. The Labute approximate surface area is 395 Å². The van der Waals surface area contributed by atoms with Crippen molar-refractivity contribution in [3.8, 4) is 78.1 Å². The van der Waals surface area contributed by atoms with Crippen molar-refractivity contribution in [2.24, 2.45) is 0 Å². The van der Waals surface area contributed by atoms with E-state index in [-0.39, 0.29) is 0 Å². The molecule has 0 radical (unpaired) electrons. The summed E-state index contributed by atoms with van der Waals surface area (Å²) in [7, 11) is 0. The minimum Gasteiger partial charge on any atom is -0.309 e. The van der Waals surface area contributed by atoms with Crippen molar-refractivity contribution in [2.75, 3.05) is 0 Å². The van der Waals surface area contributed by atoms with Crippen LogP contribution in [0.15, 0.2) is 267 Å². The van der Waals surface area contributed by atoms with E-state index >= 15 is 0 Å². The van der Waals surface area contributed by atoms with Gasteiger partial charge in [-0.15, -0.1) is 0 Å².